The summed E-state index contributed by atoms with van der Waals surface area (Å²) in [5.74, 6) is -3.65. The molecule has 2 aromatic heterocycles. The van der Waals surface area contributed by atoms with Crippen molar-refractivity contribution in [3.63, 3.8) is 0 Å². The van der Waals surface area contributed by atoms with Gasteiger partial charge in [-0.2, -0.15) is 0 Å². The molecular weight excluding hydrogens is 1040 g/mol. The third-order valence-corrected chi connectivity index (χ3v) is 15.6. The van der Waals surface area contributed by atoms with E-state index >= 15 is 0 Å². The van der Waals surface area contributed by atoms with Crippen molar-refractivity contribution in [1.29, 1.82) is 0 Å². The number of fused-ring (bicyclic) bond motifs is 4. The number of aromatic nitrogens is 3. The summed E-state index contributed by atoms with van der Waals surface area (Å²) < 4.78 is 7.60. The number of rotatable bonds is 8. The summed E-state index contributed by atoms with van der Waals surface area (Å²) in [6.07, 6.45) is -1.49. The number of nitrogens with zero attached hydrogens (tertiary/aromatic N) is 6. The number of aliphatic imine (C=N–C) groups is 1. The van der Waals surface area contributed by atoms with Crippen LogP contribution in [-0.2, 0) is 44.7 Å². The van der Waals surface area contributed by atoms with E-state index in [4.69, 9.17) is 21.3 Å². The van der Waals surface area contributed by atoms with E-state index in [1.807, 2.05) is 92.1 Å². The first kappa shape index (κ1) is 56.9. The lowest BCUT2D eigenvalue weighted by molar-refractivity contribution is -0.145. The maximum atomic E-state index is 14.4. The molecule has 0 bridgehead atoms. The van der Waals surface area contributed by atoms with Crippen LogP contribution in [0.25, 0.3) is 16.1 Å². The number of likely N-dealkylation sites (N-methyl/N-ethyl adjacent to an activating group) is 1. The van der Waals surface area contributed by atoms with Crippen LogP contribution in [0.1, 0.15) is 85.4 Å². The highest BCUT2D eigenvalue weighted by Gasteiger charge is 2.45. The summed E-state index contributed by atoms with van der Waals surface area (Å²) in [7, 11) is 1.47. The fourth-order valence-corrected chi connectivity index (χ4v) is 11.1. The van der Waals surface area contributed by atoms with Crippen LogP contribution in [0, 0.1) is 26.2 Å². The van der Waals surface area contributed by atoms with Gasteiger partial charge in [0.2, 0.25) is 41.4 Å². The summed E-state index contributed by atoms with van der Waals surface area (Å²) in [6.45, 7) is 11.3. The molecule has 0 radical (unpaired) electrons. The lowest BCUT2D eigenvalue weighted by Crippen LogP contribution is -2.60. The topological polar surface area (TPSA) is 259 Å². The van der Waals surface area contributed by atoms with Crippen LogP contribution in [0.2, 0.25) is 5.02 Å². The van der Waals surface area contributed by atoms with E-state index in [1.54, 1.807) is 44.2 Å². The number of amides is 7. The van der Waals surface area contributed by atoms with E-state index in [-0.39, 0.29) is 45.5 Å². The normalized spacial score (nSPS) is 23.1. The number of aliphatic hydroxyl groups is 1. The van der Waals surface area contributed by atoms with Gasteiger partial charge in [-0.1, -0.05) is 99.1 Å². The second kappa shape index (κ2) is 24.1. The molecule has 0 unspecified atom stereocenters. The highest BCUT2D eigenvalue weighted by molar-refractivity contribution is 7.15. The Kier molecular flexibility index (Phi) is 17.6. The van der Waals surface area contributed by atoms with Crippen LogP contribution in [0.15, 0.2) is 83.9 Å². The lowest BCUT2D eigenvalue weighted by Gasteiger charge is -2.35. The molecule has 7 atom stereocenters. The number of carbonyl (C=O) groups excluding carboxylic acids is 7. The number of hydrogen-bond acceptors (Lipinski definition) is 13. The minimum atomic E-state index is -1.38. The number of ether oxygens (including phenoxy) is 1. The molecule has 412 valence electrons. The van der Waals surface area contributed by atoms with E-state index in [0.29, 0.717) is 27.9 Å². The fraction of sp³-hybridized carbons (Fsp3) is 0.429. The molecule has 2 saturated heterocycles. The predicted octanol–water partition coefficient (Wildman–Crippen LogP) is 3.67. The lowest BCUT2D eigenvalue weighted by atomic mass is 9.85. The third-order valence-electron chi connectivity index (χ3n) is 14.2. The molecule has 2 fully saturated rings. The van der Waals surface area contributed by atoms with Gasteiger partial charge in [0, 0.05) is 60.6 Å². The van der Waals surface area contributed by atoms with Crippen molar-refractivity contribution in [2.24, 2.45) is 10.4 Å². The summed E-state index contributed by atoms with van der Waals surface area (Å²) in [6, 6.07) is 17.2. The van der Waals surface area contributed by atoms with Crippen LogP contribution in [0.5, 0.6) is 0 Å². The molecule has 8 rings (SSSR count). The van der Waals surface area contributed by atoms with Crippen molar-refractivity contribution in [2.75, 3.05) is 39.9 Å². The standard InChI is InChI=1S/C56H66ClN11O9S/c1-30-32(3)78-55-46(30)47(37-18-20-38(57)21-19-37)60-40(49-65-64-33(4)68(49)55)26-44(70)58-27-42-53(75)66(8)22-23-77-29-45(71)63-48(56(5,6)7)54(76)67-28-39(69)25-43(67)52(74)61-41(51(73)59-31(2)50(72)62-42)24-34-14-16-36(17-15-34)35-12-10-9-11-13-35/h9-21,31,39-43,48,69H,22-29H2,1-8H3,(H,58,70)(H,59,73)(H,61,74)(H,62,72)(H,63,71)/t31-,39-,40+,41-,42-,43+,48-/m1/s1. The molecular formula is C56H66ClN11O9S. The number of carbonyl (C=O) groups is 7. The van der Waals surface area contributed by atoms with Gasteiger partial charge >= 0.3 is 0 Å². The van der Waals surface area contributed by atoms with Crippen LogP contribution < -0.4 is 26.6 Å². The molecule has 5 aromatic rings. The van der Waals surface area contributed by atoms with Crippen molar-refractivity contribution in [2.45, 2.75) is 110 Å². The quantitative estimate of drug-likeness (QED) is 0.131. The molecule has 3 aliphatic heterocycles. The third kappa shape index (κ3) is 13.0. The van der Waals surface area contributed by atoms with Crippen LogP contribution in [-0.4, -0.2) is 153 Å². The predicted molar refractivity (Wildman–Crippen MR) is 294 cm³/mol. The number of benzene rings is 3. The number of hydrogen-bond donors (Lipinski definition) is 6. The van der Waals surface area contributed by atoms with E-state index in [0.717, 1.165) is 37.7 Å². The summed E-state index contributed by atoms with van der Waals surface area (Å²) in [5, 5.41) is 34.9. The van der Waals surface area contributed by atoms with Crippen molar-refractivity contribution in [3.05, 3.63) is 123 Å². The number of thiophene rings is 1. The first-order chi connectivity index (χ1) is 37.1. The number of aliphatic hydroxyl groups excluding tert-OH is 1. The van der Waals surface area contributed by atoms with Gasteiger partial charge in [0.25, 0.3) is 0 Å². The Bertz CT molecular complexity index is 3100. The second-order valence-corrected chi connectivity index (χ2v) is 22.7. The largest absolute Gasteiger partial charge is 0.391 e. The van der Waals surface area contributed by atoms with E-state index in [9.17, 15) is 38.7 Å². The molecule has 0 spiro atoms. The van der Waals surface area contributed by atoms with Crippen molar-refractivity contribution >= 4 is 70.0 Å². The van der Waals surface area contributed by atoms with E-state index < -0.39 is 95.7 Å². The van der Waals surface area contributed by atoms with Crippen molar-refractivity contribution in [1.82, 2.24) is 51.1 Å². The molecule has 20 nitrogen and oxygen atoms in total. The zero-order valence-electron chi connectivity index (χ0n) is 44.9. The summed E-state index contributed by atoms with van der Waals surface area (Å²) >= 11 is 7.87. The highest BCUT2D eigenvalue weighted by atomic mass is 35.5. The molecule has 78 heavy (non-hydrogen) atoms. The SMILES string of the molecule is Cc1sc2c(c1C)C(c1ccc(Cl)cc1)=N[C@@H](CC(=O)NC[C@H]1NC(=O)[C@@H](C)NC(=O)[C@@H](Cc3ccc(-c4ccccc4)cc3)NC(=O)[C@@H]3C[C@@H](O)CN3C(=O)[C@H](C(C)(C)C)NC(=O)COCCN(C)C1=O)c1nnc(C)n1-2. The molecule has 3 aliphatic rings. The minimum Gasteiger partial charge on any atom is -0.391 e. The average Bonchev–Trinajstić information content (AvgIpc) is 4.06. The Morgan fingerprint density at radius 1 is 0.833 bits per heavy atom. The molecule has 7 amide bonds. The van der Waals surface area contributed by atoms with Crippen LogP contribution in [0.3, 0.4) is 0 Å². The fourth-order valence-electron chi connectivity index (χ4n) is 9.71. The Hall–Kier alpha value is -7.33. The Labute approximate surface area is 461 Å². The Morgan fingerprint density at radius 3 is 2.19 bits per heavy atom. The molecule has 3 aromatic carbocycles. The van der Waals surface area contributed by atoms with Gasteiger partial charge in [-0.25, -0.2) is 0 Å². The zero-order chi connectivity index (χ0) is 56.2. The Balaban J connectivity index is 1.06. The first-order valence-electron chi connectivity index (χ1n) is 25.9. The number of halogens is 1. The minimum absolute atomic E-state index is 0.0433. The van der Waals surface area contributed by atoms with Gasteiger partial charge in [-0.3, -0.25) is 43.1 Å². The van der Waals surface area contributed by atoms with E-state index in [1.165, 1.54) is 23.8 Å². The molecule has 5 heterocycles. The van der Waals surface area contributed by atoms with Gasteiger partial charge in [0.05, 0.1) is 24.8 Å². The van der Waals surface area contributed by atoms with Gasteiger partial charge in [-0.15, -0.1) is 21.5 Å². The molecule has 0 saturated carbocycles. The molecule has 0 aliphatic carbocycles. The molecule has 22 heteroatoms. The van der Waals surface area contributed by atoms with Gasteiger partial charge in [0.15, 0.2) is 5.82 Å². The van der Waals surface area contributed by atoms with Crippen molar-refractivity contribution < 1.29 is 43.4 Å². The smallest absolute Gasteiger partial charge is 0.246 e. The average molecular weight is 1100 g/mol. The van der Waals surface area contributed by atoms with Crippen molar-refractivity contribution in [3.8, 4) is 16.1 Å². The second-order valence-electron chi connectivity index (χ2n) is 21.1. The zero-order valence-corrected chi connectivity index (χ0v) is 46.5. The van der Waals surface area contributed by atoms with Gasteiger partial charge in [0.1, 0.15) is 53.7 Å². The number of aryl methyl sites for hydroxylation is 2. The number of nitrogens with one attached hydrogen (secondary N) is 5. The van der Waals surface area contributed by atoms with Gasteiger partial charge < -0.3 is 46.2 Å². The summed E-state index contributed by atoms with van der Waals surface area (Å²) in [5.41, 5.74) is 4.99. The molecule has 6 N–H and O–H groups in total. The highest BCUT2D eigenvalue weighted by Crippen LogP contribution is 2.40. The Morgan fingerprint density at radius 2 is 1.50 bits per heavy atom. The van der Waals surface area contributed by atoms with Gasteiger partial charge in [-0.05, 0) is 67.5 Å². The van der Waals surface area contributed by atoms with E-state index in [2.05, 4.69) is 36.8 Å². The monoisotopic (exact) mass is 1100 g/mol. The maximum absolute atomic E-state index is 14.4. The maximum Gasteiger partial charge on any atom is 0.246 e. The van der Waals surface area contributed by atoms with Crippen LogP contribution >= 0.6 is 22.9 Å². The van der Waals surface area contributed by atoms with Crippen LogP contribution in [0.4, 0.5) is 0 Å². The first-order valence-corrected chi connectivity index (χ1v) is 27.1. The summed E-state index contributed by atoms with van der Waals surface area (Å²) in [4.78, 5) is 108.